The average molecular weight is 208 g/mol. The fourth-order valence-electron chi connectivity index (χ4n) is 0.899. The number of aryl methyl sites for hydroxylation is 1. The fourth-order valence-corrected chi connectivity index (χ4v) is 1.04. The molecule has 13 heavy (non-hydrogen) atoms. The van der Waals surface area contributed by atoms with Gasteiger partial charge < -0.3 is 4.74 Å². The van der Waals surface area contributed by atoms with Crippen LogP contribution in [0.15, 0.2) is 6.07 Å². The summed E-state index contributed by atoms with van der Waals surface area (Å²) < 4.78 is 29.4. The van der Waals surface area contributed by atoms with Crippen LogP contribution < -0.4 is 4.74 Å². The maximum absolute atomic E-state index is 12.3. The van der Waals surface area contributed by atoms with Gasteiger partial charge in [-0.25, -0.2) is 13.8 Å². The summed E-state index contributed by atoms with van der Waals surface area (Å²) in [5.41, 5.74) is 0.195. The standard InChI is InChI=1S/C8H8ClF2NO/c1-4-3-5(13-2)6(8(10)11)12-7(4)9/h3,8H,1-2H3. The molecule has 0 unspecified atom stereocenters. The van der Waals surface area contributed by atoms with Crippen molar-refractivity contribution < 1.29 is 13.5 Å². The van der Waals surface area contributed by atoms with Gasteiger partial charge in [-0.15, -0.1) is 0 Å². The van der Waals surface area contributed by atoms with Crippen LogP contribution in [0.3, 0.4) is 0 Å². The Morgan fingerprint density at radius 2 is 2.15 bits per heavy atom. The Morgan fingerprint density at radius 1 is 1.54 bits per heavy atom. The molecule has 0 saturated carbocycles. The van der Waals surface area contributed by atoms with E-state index in [2.05, 4.69) is 4.98 Å². The van der Waals surface area contributed by atoms with Crippen molar-refractivity contribution in [3.8, 4) is 5.75 Å². The van der Waals surface area contributed by atoms with E-state index in [-0.39, 0.29) is 10.9 Å². The number of alkyl halides is 2. The van der Waals surface area contributed by atoms with E-state index in [0.717, 1.165) is 0 Å². The number of pyridine rings is 1. The Balaban J connectivity index is 3.25. The zero-order chi connectivity index (χ0) is 10.0. The van der Waals surface area contributed by atoms with Gasteiger partial charge in [-0.1, -0.05) is 11.6 Å². The van der Waals surface area contributed by atoms with Crippen molar-refractivity contribution in [1.82, 2.24) is 4.98 Å². The van der Waals surface area contributed by atoms with E-state index >= 15 is 0 Å². The third-order valence-corrected chi connectivity index (χ3v) is 1.95. The summed E-state index contributed by atoms with van der Waals surface area (Å²) in [6.07, 6.45) is -2.67. The Morgan fingerprint density at radius 3 is 2.62 bits per heavy atom. The highest BCUT2D eigenvalue weighted by Gasteiger charge is 2.17. The van der Waals surface area contributed by atoms with Gasteiger partial charge in [0.1, 0.15) is 16.6 Å². The molecule has 1 aromatic rings. The van der Waals surface area contributed by atoms with Crippen molar-refractivity contribution in [3.63, 3.8) is 0 Å². The smallest absolute Gasteiger partial charge is 0.284 e. The summed E-state index contributed by atoms with van der Waals surface area (Å²) >= 11 is 5.59. The van der Waals surface area contributed by atoms with Gasteiger partial charge in [0.15, 0.2) is 0 Å². The molecule has 0 aliphatic heterocycles. The lowest BCUT2D eigenvalue weighted by molar-refractivity contribution is 0.141. The van der Waals surface area contributed by atoms with Crippen LogP contribution in [0.5, 0.6) is 5.75 Å². The summed E-state index contributed by atoms with van der Waals surface area (Å²) in [5, 5.41) is 0.0797. The van der Waals surface area contributed by atoms with Gasteiger partial charge in [0.2, 0.25) is 0 Å². The lowest BCUT2D eigenvalue weighted by atomic mass is 10.2. The molecule has 0 saturated heterocycles. The molecule has 0 spiro atoms. The largest absolute Gasteiger partial charge is 0.495 e. The Labute approximate surface area is 79.5 Å². The Bertz CT molecular complexity index is 317. The molecule has 1 rings (SSSR count). The van der Waals surface area contributed by atoms with Gasteiger partial charge in [0.25, 0.3) is 6.43 Å². The third kappa shape index (κ3) is 2.06. The number of rotatable bonds is 2. The zero-order valence-corrected chi connectivity index (χ0v) is 7.90. The van der Waals surface area contributed by atoms with Gasteiger partial charge in [-0.05, 0) is 18.6 Å². The summed E-state index contributed by atoms with van der Waals surface area (Å²) in [6, 6.07) is 1.44. The van der Waals surface area contributed by atoms with Crippen molar-refractivity contribution >= 4 is 11.6 Å². The first-order valence-electron chi connectivity index (χ1n) is 3.55. The third-order valence-electron chi connectivity index (χ3n) is 1.57. The molecular formula is C8H8ClF2NO. The minimum atomic E-state index is -2.67. The monoisotopic (exact) mass is 207 g/mol. The summed E-state index contributed by atoms with van der Waals surface area (Å²) in [5.74, 6) is 0.0666. The predicted octanol–water partition coefficient (Wildman–Crippen LogP) is 2.99. The van der Waals surface area contributed by atoms with Crippen LogP contribution in [0, 0.1) is 6.92 Å². The molecule has 0 fully saturated rings. The van der Waals surface area contributed by atoms with Crippen LogP contribution in [0.4, 0.5) is 8.78 Å². The molecular weight excluding hydrogens is 200 g/mol. The predicted molar refractivity (Wildman–Crippen MR) is 45.5 cm³/mol. The number of hydrogen-bond acceptors (Lipinski definition) is 2. The maximum Gasteiger partial charge on any atom is 0.284 e. The van der Waals surface area contributed by atoms with Crippen LogP contribution in [0.25, 0.3) is 0 Å². The molecule has 2 nitrogen and oxygen atoms in total. The van der Waals surface area contributed by atoms with Gasteiger partial charge >= 0.3 is 0 Å². The second-order valence-corrected chi connectivity index (χ2v) is 2.84. The molecule has 0 bridgehead atoms. The van der Waals surface area contributed by atoms with Crippen LogP contribution in [0.2, 0.25) is 5.15 Å². The van der Waals surface area contributed by atoms with E-state index in [1.807, 2.05) is 0 Å². The van der Waals surface area contributed by atoms with E-state index in [0.29, 0.717) is 5.56 Å². The van der Waals surface area contributed by atoms with E-state index in [1.165, 1.54) is 13.2 Å². The lowest BCUT2D eigenvalue weighted by Crippen LogP contribution is -1.98. The normalized spacial score (nSPS) is 10.6. The van der Waals surface area contributed by atoms with Crippen molar-refractivity contribution in [2.75, 3.05) is 7.11 Å². The van der Waals surface area contributed by atoms with E-state index in [9.17, 15) is 8.78 Å². The lowest BCUT2D eigenvalue weighted by Gasteiger charge is -2.08. The van der Waals surface area contributed by atoms with Crippen LogP contribution in [-0.4, -0.2) is 12.1 Å². The number of nitrogens with zero attached hydrogens (tertiary/aromatic N) is 1. The summed E-state index contributed by atoms with van der Waals surface area (Å²) in [7, 11) is 1.32. The summed E-state index contributed by atoms with van der Waals surface area (Å²) in [4.78, 5) is 3.53. The van der Waals surface area contributed by atoms with E-state index in [1.54, 1.807) is 6.92 Å². The second-order valence-electron chi connectivity index (χ2n) is 2.48. The molecule has 0 amide bonds. The maximum atomic E-state index is 12.3. The van der Waals surface area contributed by atoms with Gasteiger partial charge in [-0.2, -0.15) is 0 Å². The van der Waals surface area contributed by atoms with Crippen LogP contribution >= 0.6 is 11.6 Å². The highest BCUT2D eigenvalue weighted by atomic mass is 35.5. The molecule has 0 N–H and O–H groups in total. The van der Waals surface area contributed by atoms with Crippen LogP contribution in [-0.2, 0) is 0 Å². The zero-order valence-electron chi connectivity index (χ0n) is 7.14. The molecule has 0 aromatic carbocycles. The topological polar surface area (TPSA) is 22.1 Å². The van der Waals surface area contributed by atoms with Crippen LogP contribution in [0.1, 0.15) is 17.7 Å². The SMILES string of the molecule is COc1cc(C)c(Cl)nc1C(F)F. The van der Waals surface area contributed by atoms with Gasteiger partial charge in [0.05, 0.1) is 7.11 Å². The quantitative estimate of drug-likeness (QED) is 0.696. The highest BCUT2D eigenvalue weighted by Crippen LogP contribution is 2.30. The van der Waals surface area contributed by atoms with Crippen molar-refractivity contribution in [1.29, 1.82) is 0 Å². The molecule has 0 atom stereocenters. The van der Waals surface area contributed by atoms with E-state index in [4.69, 9.17) is 16.3 Å². The first-order valence-corrected chi connectivity index (χ1v) is 3.93. The highest BCUT2D eigenvalue weighted by molar-refractivity contribution is 6.30. The molecule has 72 valence electrons. The molecule has 0 aliphatic rings. The minimum Gasteiger partial charge on any atom is -0.495 e. The molecule has 0 aliphatic carbocycles. The van der Waals surface area contributed by atoms with Crippen molar-refractivity contribution in [3.05, 3.63) is 22.5 Å². The van der Waals surface area contributed by atoms with Gasteiger partial charge in [-0.3, -0.25) is 0 Å². The first kappa shape index (κ1) is 10.2. The minimum absolute atomic E-state index is 0.0666. The Hall–Kier alpha value is -0.900. The second kappa shape index (κ2) is 3.87. The number of halogens is 3. The fraction of sp³-hybridized carbons (Fsp3) is 0.375. The molecule has 0 radical (unpaired) electrons. The van der Waals surface area contributed by atoms with Gasteiger partial charge in [0, 0.05) is 0 Å². The molecule has 5 heteroatoms. The first-order chi connectivity index (χ1) is 6.06. The number of hydrogen-bond donors (Lipinski definition) is 0. The summed E-state index contributed by atoms with van der Waals surface area (Å²) in [6.45, 7) is 1.67. The van der Waals surface area contributed by atoms with Crippen molar-refractivity contribution in [2.45, 2.75) is 13.3 Å². The number of methoxy groups -OCH3 is 1. The molecule has 1 heterocycles. The number of aromatic nitrogens is 1. The number of ether oxygens (including phenoxy) is 1. The average Bonchev–Trinajstić information content (AvgIpc) is 2.08. The Kier molecular flexibility index (Phi) is 3.03. The molecule has 1 aromatic heterocycles. The van der Waals surface area contributed by atoms with E-state index < -0.39 is 12.1 Å². The van der Waals surface area contributed by atoms with Crippen molar-refractivity contribution in [2.24, 2.45) is 0 Å².